The number of halogens is 4. The largest absolute Gasteiger partial charge is 0.509 e. The highest BCUT2D eigenvalue weighted by atomic mass is 19.4. The molecule has 0 heterocycles. The summed E-state index contributed by atoms with van der Waals surface area (Å²) in [6, 6.07) is 2.29. The average molecular weight is 247 g/mol. The van der Waals surface area contributed by atoms with E-state index in [9.17, 15) is 17.3 Å². The molecule has 1 aromatic carbocycles. The number of ether oxygens (including phenoxy) is 1. The minimum Gasteiger partial charge on any atom is -0.490 e. The van der Waals surface area contributed by atoms with Gasteiger partial charge in [0, 0.05) is 0 Å². The number of hydrogen-bond acceptors (Lipinski definition) is 1. The van der Waals surface area contributed by atoms with Gasteiger partial charge in [-0.05, 0) is 30.9 Å². The molecule has 0 aromatic heterocycles. The zero-order chi connectivity index (χ0) is 12.5. The summed E-state index contributed by atoms with van der Waals surface area (Å²) in [5, 5.41) is 0. The highest BCUT2D eigenvalue weighted by Gasteiger charge is 2.27. The van der Waals surface area contributed by atoms with E-state index in [1.54, 1.807) is 0 Å². The van der Waals surface area contributed by atoms with Crippen LogP contribution >= 0.6 is 0 Å². The van der Waals surface area contributed by atoms with Gasteiger partial charge in [0.15, 0.2) is 11.6 Å². The molecule has 1 fully saturated rings. The molecule has 1 saturated carbocycles. The maximum atomic E-state index is 13.2. The van der Waals surface area contributed by atoms with Crippen LogP contribution in [0, 0.1) is 11.7 Å². The van der Waals surface area contributed by atoms with Crippen molar-refractivity contribution >= 4 is 12.4 Å². The Hall–Kier alpha value is -1.20. The van der Waals surface area contributed by atoms with Gasteiger partial charge in [-0.3, -0.25) is 0 Å². The monoisotopic (exact) mass is 247 g/mol. The Bertz CT molecular complexity index is 401. The molecule has 0 aliphatic heterocycles. The quantitative estimate of drug-likeness (QED) is 0.586. The predicted molar refractivity (Wildman–Crippen MR) is 57.9 cm³/mol. The summed E-state index contributed by atoms with van der Waals surface area (Å²) in [5.74, 6) is -0.684. The molecule has 0 spiro atoms. The molecule has 94 valence electrons. The second-order valence-corrected chi connectivity index (χ2v) is 4.37. The van der Waals surface area contributed by atoms with E-state index < -0.39 is 18.3 Å². The zero-order valence-corrected chi connectivity index (χ0v) is 9.14. The lowest BCUT2D eigenvalue weighted by molar-refractivity contribution is 0.175. The van der Waals surface area contributed by atoms with Gasteiger partial charge in [-0.1, -0.05) is 12.5 Å². The summed E-state index contributed by atoms with van der Waals surface area (Å²) < 4.78 is 55.7. The van der Waals surface area contributed by atoms with Crippen molar-refractivity contribution in [2.24, 2.45) is 5.92 Å². The van der Waals surface area contributed by atoms with Gasteiger partial charge in [-0.15, -0.1) is 5.46 Å². The molecule has 6 heteroatoms. The Labute approximate surface area is 96.8 Å². The van der Waals surface area contributed by atoms with Gasteiger partial charge >= 0.3 is 6.98 Å². The molecule has 17 heavy (non-hydrogen) atoms. The predicted octanol–water partition coefficient (Wildman–Crippen LogP) is 3.06. The highest BCUT2D eigenvalue weighted by molar-refractivity contribution is 6.73. The summed E-state index contributed by atoms with van der Waals surface area (Å²) >= 11 is 0. The van der Waals surface area contributed by atoms with Crippen molar-refractivity contribution in [2.75, 3.05) is 6.61 Å². The summed E-state index contributed by atoms with van der Waals surface area (Å²) in [7, 11) is 0. The maximum Gasteiger partial charge on any atom is 0.509 e. The molecule has 0 bridgehead atoms. The smallest absolute Gasteiger partial charge is 0.490 e. The van der Waals surface area contributed by atoms with Crippen molar-refractivity contribution in [3.63, 3.8) is 0 Å². The van der Waals surface area contributed by atoms with Crippen LogP contribution in [0.3, 0.4) is 0 Å². The van der Waals surface area contributed by atoms with Gasteiger partial charge in [-0.25, -0.2) is 4.39 Å². The van der Waals surface area contributed by atoms with Gasteiger partial charge in [0.05, 0.1) is 6.61 Å². The van der Waals surface area contributed by atoms with E-state index in [2.05, 4.69) is 0 Å². The van der Waals surface area contributed by atoms with Gasteiger partial charge < -0.3 is 17.7 Å². The lowest BCUT2D eigenvalue weighted by atomic mass is 9.80. The van der Waals surface area contributed by atoms with Crippen LogP contribution in [0.1, 0.15) is 19.3 Å². The molecular formula is C11H12BF4O-. The van der Waals surface area contributed by atoms with Crippen LogP contribution in [0.2, 0.25) is 0 Å². The first-order chi connectivity index (χ1) is 7.97. The van der Waals surface area contributed by atoms with E-state index in [1.165, 1.54) is 0 Å². The third-order valence-electron chi connectivity index (χ3n) is 3.03. The first-order valence-electron chi connectivity index (χ1n) is 5.59. The second-order valence-electron chi connectivity index (χ2n) is 4.37. The molecule has 0 atom stereocenters. The minimum atomic E-state index is -5.11. The van der Waals surface area contributed by atoms with Gasteiger partial charge in [0.25, 0.3) is 0 Å². The topological polar surface area (TPSA) is 9.23 Å². The third-order valence-corrected chi connectivity index (χ3v) is 3.03. The fraction of sp³-hybridized carbons (Fsp3) is 0.455. The first-order valence-corrected chi connectivity index (χ1v) is 5.59. The summed E-state index contributed by atoms with van der Waals surface area (Å²) in [6.45, 7) is -4.81. The molecule has 0 N–H and O–H groups in total. The molecule has 0 radical (unpaired) electrons. The lowest BCUT2D eigenvalue weighted by Crippen LogP contribution is -2.34. The van der Waals surface area contributed by atoms with E-state index in [0.29, 0.717) is 12.5 Å². The molecular weight excluding hydrogens is 235 g/mol. The fourth-order valence-electron chi connectivity index (χ4n) is 1.70. The average Bonchev–Trinajstić information content (AvgIpc) is 2.16. The molecule has 1 aliphatic carbocycles. The van der Waals surface area contributed by atoms with Crippen molar-refractivity contribution in [1.82, 2.24) is 0 Å². The minimum absolute atomic E-state index is 0.297. The number of rotatable bonds is 4. The maximum absolute atomic E-state index is 13.2. The lowest BCUT2D eigenvalue weighted by Gasteiger charge is -2.25. The Kier molecular flexibility index (Phi) is 3.31. The molecule has 1 aliphatic rings. The second kappa shape index (κ2) is 4.59. The van der Waals surface area contributed by atoms with Crippen molar-refractivity contribution < 1.29 is 22.1 Å². The van der Waals surface area contributed by atoms with Crippen LogP contribution in [0.25, 0.3) is 0 Å². The van der Waals surface area contributed by atoms with E-state index in [4.69, 9.17) is 4.74 Å². The third kappa shape index (κ3) is 2.93. The first kappa shape index (κ1) is 12.3. The van der Waals surface area contributed by atoms with E-state index >= 15 is 0 Å². The molecule has 0 saturated heterocycles. The van der Waals surface area contributed by atoms with Crippen LogP contribution in [0.5, 0.6) is 5.75 Å². The molecule has 0 unspecified atom stereocenters. The Morgan fingerprint density at radius 1 is 1.24 bits per heavy atom. The number of hydrogen-bond donors (Lipinski definition) is 0. The van der Waals surface area contributed by atoms with Crippen molar-refractivity contribution in [2.45, 2.75) is 19.3 Å². The standard InChI is InChI=1S/C11H12BF4O/c13-10-5-4-9(12(14,15)16)6-11(10)17-7-8-2-1-3-8/h4-6,8H,1-3,7H2/q-1. The van der Waals surface area contributed by atoms with Crippen molar-refractivity contribution in [3.8, 4) is 5.75 Å². The SMILES string of the molecule is Fc1ccc([B-](F)(F)F)cc1OCC1CCC1. The normalized spacial score (nSPS) is 16.7. The summed E-state index contributed by atoms with van der Waals surface area (Å²) in [6.07, 6.45) is 3.12. The zero-order valence-electron chi connectivity index (χ0n) is 9.14. The van der Waals surface area contributed by atoms with E-state index in [1.807, 2.05) is 0 Å². The Morgan fingerprint density at radius 2 is 1.94 bits per heavy atom. The molecule has 2 rings (SSSR count). The Balaban J connectivity index is 2.08. The van der Waals surface area contributed by atoms with Gasteiger partial charge in [-0.2, -0.15) is 0 Å². The molecule has 1 aromatic rings. The van der Waals surface area contributed by atoms with Crippen LogP contribution in [0.4, 0.5) is 17.3 Å². The van der Waals surface area contributed by atoms with E-state index in [-0.39, 0.29) is 5.75 Å². The van der Waals surface area contributed by atoms with Crippen molar-refractivity contribution in [1.29, 1.82) is 0 Å². The van der Waals surface area contributed by atoms with Crippen LogP contribution < -0.4 is 10.2 Å². The summed E-state index contributed by atoms with van der Waals surface area (Å²) in [4.78, 5) is 0. The summed E-state index contributed by atoms with van der Waals surface area (Å²) in [5.41, 5.74) is -0.824. The van der Waals surface area contributed by atoms with Crippen LogP contribution in [-0.4, -0.2) is 13.6 Å². The number of benzene rings is 1. The fourth-order valence-corrected chi connectivity index (χ4v) is 1.70. The van der Waals surface area contributed by atoms with Crippen molar-refractivity contribution in [3.05, 3.63) is 24.0 Å². The molecule has 0 amide bonds. The van der Waals surface area contributed by atoms with Gasteiger partial charge in [0.2, 0.25) is 0 Å². The van der Waals surface area contributed by atoms with Crippen LogP contribution in [-0.2, 0) is 0 Å². The highest BCUT2D eigenvalue weighted by Crippen LogP contribution is 2.27. The Morgan fingerprint density at radius 3 is 2.47 bits per heavy atom. The van der Waals surface area contributed by atoms with Gasteiger partial charge in [0.1, 0.15) is 0 Å². The molecule has 1 nitrogen and oxygen atoms in total. The van der Waals surface area contributed by atoms with E-state index in [0.717, 1.165) is 37.5 Å². The van der Waals surface area contributed by atoms with Crippen LogP contribution in [0.15, 0.2) is 18.2 Å².